The summed E-state index contributed by atoms with van der Waals surface area (Å²) < 4.78 is 19.8. The summed E-state index contributed by atoms with van der Waals surface area (Å²) in [5.41, 5.74) is 0.589. The van der Waals surface area contributed by atoms with Crippen LogP contribution < -0.4 is 0 Å². The van der Waals surface area contributed by atoms with Crippen molar-refractivity contribution in [1.82, 2.24) is 14.8 Å². The van der Waals surface area contributed by atoms with Gasteiger partial charge in [0, 0.05) is 13.0 Å². The maximum atomic E-state index is 13.9. The maximum absolute atomic E-state index is 13.9. The minimum atomic E-state index is -0.240. The molecule has 2 saturated heterocycles. The van der Waals surface area contributed by atoms with Gasteiger partial charge in [-0.2, -0.15) is 0 Å². The lowest BCUT2D eigenvalue weighted by atomic mass is 10.1. The molecule has 0 spiro atoms. The van der Waals surface area contributed by atoms with Gasteiger partial charge in [0.1, 0.15) is 17.6 Å². The molecule has 0 unspecified atom stereocenters. The Bertz CT molecular complexity index is 799. The number of rotatable bonds is 5. The van der Waals surface area contributed by atoms with Crippen molar-refractivity contribution in [1.29, 1.82) is 0 Å². The van der Waals surface area contributed by atoms with Gasteiger partial charge in [0.2, 0.25) is 11.8 Å². The summed E-state index contributed by atoms with van der Waals surface area (Å²) in [4.78, 5) is 21.5. The summed E-state index contributed by atoms with van der Waals surface area (Å²) in [5, 5.41) is 0. The fourth-order valence-corrected chi connectivity index (χ4v) is 4.29. The highest BCUT2D eigenvalue weighted by atomic mass is 19.1. The maximum Gasteiger partial charge on any atom is 0.237 e. The average molecular weight is 385 g/mol. The van der Waals surface area contributed by atoms with Crippen molar-refractivity contribution in [3.05, 3.63) is 53.5 Å². The molecule has 1 aromatic heterocycles. The zero-order valence-corrected chi connectivity index (χ0v) is 16.3. The van der Waals surface area contributed by atoms with Crippen molar-refractivity contribution in [3.63, 3.8) is 0 Å². The SMILES string of the molecule is O=C(CN1CCCCCC1)N1CCC[C@@H]1c1ncc(Cc2ccccc2F)o1. The van der Waals surface area contributed by atoms with Gasteiger partial charge in [-0.25, -0.2) is 9.37 Å². The second kappa shape index (κ2) is 8.86. The molecule has 150 valence electrons. The molecule has 0 radical (unpaired) electrons. The highest BCUT2D eigenvalue weighted by Crippen LogP contribution is 2.32. The number of benzene rings is 1. The molecular weight excluding hydrogens is 357 g/mol. The number of carbonyl (C=O) groups excluding carboxylic acids is 1. The molecule has 2 aliphatic heterocycles. The fraction of sp³-hybridized carbons (Fsp3) is 0.545. The van der Waals surface area contributed by atoms with Gasteiger partial charge in [0.05, 0.1) is 12.7 Å². The van der Waals surface area contributed by atoms with E-state index < -0.39 is 0 Å². The predicted molar refractivity (Wildman–Crippen MR) is 104 cm³/mol. The highest BCUT2D eigenvalue weighted by Gasteiger charge is 2.34. The first-order valence-corrected chi connectivity index (χ1v) is 10.4. The van der Waals surface area contributed by atoms with E-state index in [1.54, 1.807) is 18.3 Å². The molecule has 2 aliphatic rings. The molecule has 1 amide bonds. The minimum Gasteiger partial charge on any atom is -0.443 e. The number of hydrogen-bond donors (Lipinski definition) is 0. The Morgan fingerprint density at radius 1 is 1.11 bits per heavy atom. The van der Waals surface area contributed by atoms with Gasteiger partial charge in [-0.1, -0.05) is 31.0 Å². The summed E-state index contributed by atoms with van der Waals surface area (Å²) in [6, 6.07) is 6.60. The third kappa shape index (κ3) is 4.43. The molecule has 0 aliphatic carbocycles. The lowest BCUT2D eigenvalue weighted by molar-refractivity contribution is -0.133. The Balaban J connectivity index is 1.41. The van der Waals surface area contributed by atoms with E-state index in [0.29, 0.717) is 30.2 Å². The number of aromatic nitrogens is 1. The van der Waals surface area contributed by atoms with Gasteiger partial charge in [-0.3, -0.25) is 9.69 Å². The summed E-state index contributed by atoms with van der Waals surface area (Å²) in [6.45, 7) is 3.26. The molecule has 4 rings (SSSR count). The Kier molecular flexibility index (Phi) is 6.05. The lowest BCUT2D eigenvalue weighted by Gasteiger charge is -2.26. The Morgan fingerprint density at radius 3 is 2.68 bits per heavy atom. The zero-order valence-electron chi connectivity index (χ0n) is 16.3. The molecular formula is C22H28FN3O2. The number of nitrogens with zero attached hydrogens (tertiary/aromatic N) is 3. The van der Waals surface area contributed by atoms with Crippen molar-refractivity contribution in [3.8, 4) is 0 Å². The van der Waals surface area contributed by atoms with Crippen LogP contribution >= 0.6 is 0 Å². The van der Waals surface area contributed by atoms with E-state index in [9.17, 15) is 9.18 Å². The first kappa shape index (κ1) is 19.1. The molecule has 0 bridgehead atoms. The molecule has 2 aromatic rings. The van der Waals surface area contributed by atoms with Gasteiger partial charge < -0.3 is 9.32 Å². The van der Waals surface area contributed by atoms with Crippen LogP contribution in [0.1, 0.15) is 61.8 Å². The van der Waals surface area contributed by atoms with Crippen LogP contribution in [-0.2, 0) is 11.2 Å². The molecule has 0 saturated carbocycles. The van der Waals surface area contributed by atoms with Crippen LogP contribution in [0.25, 0.3) is 0 Å². The standard InChI is InChI=1S/C22H28FN3O2/c23-19-9-4-3-8-17(19)14-18-15-24-22(28-18)20-10-7-13-26(20)21(27)16-25-11-5-1-2-6-12-25/h3-4,8-9,15,20H,1-2,5-7,10-14,16H2/t20-/m1/s1. The van der Waals surface area contributed by atoms with Crippen LogP contribution in [0.5, 0.6) is 0 Å². The van der Waals surface area contributed by atoms with Gasteiger partial charge in [0.15, 0.2) is 0 Å². The molecule has 6 heteroatoms. The molecule has 1 aromatic carbocycles. The predicted octanol–water partition coefficient (Wildman–Crippen LogP) is 3.94. The van der Waals surface area contributed by atoms with E-state index in [1.165, 1.54) is 31.7 Å². The summed E-state index contributed by atoms with van der Waals surface area (Å²) in [7, 11) is 0. The first-order valence-electron chi connectivity index (χ1n) is 10.4. The normalized spacial score (nSPS) is 21.0. The van der Waals surface area contributed by atoms with Crippen LogP contribution in [0.15, 0.2) is 34.9 Å². The fourth-order valence-electron chi connectivity index (χ4n) is 4.29. The van der Waals surface area contributed by atoms with Crippen molar-refractivity contribution >= 4 is 5.91 Å². The van der Waals surface area contributed by atoms with Crippen molar-refractivity contribution in [2.45, 2.75) is 51.0 Å². The van der Waals surface area contributed by atoms with E-state index in [-0.39, 0.29) is 17.8 Å². The second-order valence-electron chi connectivity index (χ2n) is 7.87. The van der Waals surface area contributed by atoms with Crippen LogP contribution in [-0.4, -0.2) is 46.9 Å². The van der Waals surface area contributed by atoms with Gasteiger partial charge >= 0.3 is 0 Å². The largest absolute Gasteiger partial charge is 0.443 e. The van der Waals surface area contributed by atoms with Crippen molar-refractivity contribution in [2.75, 3.05) is 26.2 Å². The van der Waals surface area contributed by atoms with Crippen LogP contribution in [0.2, 0.25) is 0 Å². The van der Waals surface area contributed by atoms with Crippen molar-refractivity contribution in [2.24, 2.45) is 0 Å². The number of halogens is 1. The van der Waals surface area contributed by atoms with Crippen LogP contribution in [0.4, 0.5) is 4.39 Å². The third-order valence-corrected chi connectivity index (χ3v) is 5.81. The summed E-state index contributed by atoms with van der Waals surface area (Å²) in [6.07, 6.45) is 8.74. The molecule has 3 heterocycles. The zero-order chi connectivity index (χ0) is 19.3. The number of carbonyl (C=O) groups is 1. The number of likely N-dealkylation sites (tertiary alicyclic amines) is 2. The average Bonchev–Trinajstić information content (AvgIpc) is 3.28. The smallest absolute Gasteiger partial charge is 0.237 e. The molecule has 0 N–H and O–H groups in total. The van der Waals surface area contributed by atoms with E-state index in [0.717, 1.165) is 32.5 Å². The monoisotopic (exact) mass is 385 g/mol. The third-order valence-electron chi connectivity index (χ3n) is 5.81. The Hall–Kier alpha value is -2.21. The number of amides is 1. The topological polar surface area (TPSA) is 49.6 Å². The second-order valence-corrected chi connectivity index (χ2v) is 7.87. The number of hydrogen-bond acceptors (Lipinski definition) is 4. The van der Waals surface area contributed by atoms with Gasteiger partial charge in [0.25, 0.3) is 0 Å². The molecule has 5 nitrogen and oxygen atoms in total. The summed E-state index contributed by atoms with van der Waals surface area (Å²) >= 11 is 0. The quantitative estimate of drug-likeness (QED) is 0.782. The molecule has 1 atom stereocenters. The number of oxazole rings is 1. The molecule has 28 heavy (non-hydrogen) atoms. The van der Waals surface area contributed by atoms with Crippen molar-refractivity contribution < 1.29 is 13.6 Å². The van der Waals surface area contributed by atoms with E-state index in [4.69, 9.17) is 4.42 Å². The van der Waals surface area contributed by atoms with Crippen LogP contribution in [0.3, 0.4) is 0 Å². The highest BCUT2D eigenvalue weighted by molar-refractivity contribution is 5.79. The Labute approximate surface area is 165 Å². The lowest BCUT2D eigenvalue weighted by Crippen LogP contribution is -2.40. The van der Waals surface area contributed by atoms with E-state index in [1.807, 2.05) is 11.0 Å². The first-order chi connectivity index (χ1) is 13.7. The minimum absolute atomic E-state index is 0.103. The van der Waals surface area contributed by atoms with Crippen LogP contribution in [0, 0.1) is 5.82 Å². The van der Waals surface area contributed by atoms with E-state index >= 15 is 0 Å². The van der Waals surface area contributed by atoms with Gasteiger partial charge in [-0.05, 0) is 50.4 Å². The molecule has 2 fully saturated rings. The summed E-state index contributed by atoms with van der Waals surface area (Å²) in [5.74, 6) is 1.13. The van der Waals surface area contributed by atoms with Gasteiger partial charge in [-0.15, -0.1) is 0 Å². The Morgan fingerprint density at radius 2 is 1.89 bits per heavy atom. The van der Waals surface area contributed by atoms with E-state index in [2.05, 4.69) is 9.88 Å².